The van der Waals surface area contributed by atoms with Crippen molar-refractivity contribution < 1.29 is 9.47 Å². The van der Waals surface area contributed by atoms with Crippen LogP contribution in [0.2, 0.25) is 0 Å². The fourth-order valence-corrected chi connectivity index (χ4v) is 4.20. The van der Waals surface area contributed by atoms with E-state index in [1.807, 2.05) is 18.2 Å². The van der Waals surface area contributed by atoms with Gasteiger partial charge < -0.3 is 9.47 Å². The maximum atomic E-state index is 6.47. The summed E-state index contributed by atoms with van der Waals surface area (Å²) in [6.45, 7) is 6.94. The normalized spacial score (nSPS) is 10.8. The number of ether oxygens (including phenoxy) is 2. The van der Waals surface area contributed by atoms with Crippen LogP contribution in [0, 0.1) is 13.8 Å². The topological polar surface area (TPSA) is 18.5 Å². The van der Waals surface area contributed by atoms with Crippen molar-refractivity contribution in [2.45, 2.75) is 40.2 Å². The van der Waals surface area contributed by atoms with Gasteiger partial charge in [-0.05, 0) is 54.2 Å². The van der Waals surface area contributed by atoms with Gasteiger partial charge in [0.15, 0.2) is 11.5 Å². The molecule has 0 unspecified atom stereocenters. The summed E-state index contributed by atoms with van der Waals surface area (Å²) in [4.78, 5) is 0. The number of aryl methyl sites for hydroxylation is 3. The molecule has 2 heteroatoms. The van der Waals surface area contributed by atoms with Crippen molar-refractivity contribution in [1.82, 2.24) is 0 Å². The minimum Gasteiger partial charge on any atom is -0.492 e. The summed E-state index contributed by atoms with van der Waals surface area (Å²) in [5.74, 6) is 1.64. The highest BCUT2D eigenvalue weighted by Crippen LogP contribution is 2.47. The third-order valence-corrected chi connectivity index (χ3v) is 5.97. The van der Waals surface area contributed by atoms with E-state index in [1.165, 1.54) is 27.8 Å². The summed E-state index contributed by atoms with van der Waals surface area (Å²) < 4.78 is 12.6. The van der Waals surface area contributed by atoms with Crippen molar-refractivity contribution in [3.63, 3.8) is 0 Å². The molecule has 0 spiro atoms. The van der Waals surface area contributed by atoms with Crippen LogP contribution in [-0.4, -0.2) is 7.11 Å². The van der Waals surface area contributed by atoms with Gasteiger partial charge in [-0.3, -0.25) is 0 Å². The summed E-state index contributed by atoms with van der Waals surface area (Å²) in [6, 6.07) is 30.0. The Kier molecular flexibility index (Phi) is 7.14. The Hall–Kier alpha value is -3.52. The molecule has 0 aromatic heterocycles. The second kappa shape index (κ2) is 10.4. The first-order valence-electron chi connectivity index (χ1n) is 11.7. The molecule has 0 aliphatic rings. The zero-order valence-electron chi connectivity index (χ0n) is 20.0. The highest BCUT2D eigenvalue weighted by atomic mass is 16.5. The largest absolute Gasteiger partial charge is 0.492 e. The van der Waals surface area contributed by atoms with Gasteiger partial charge in [-0.1, -0.05) is 103 Å². The summed E-state index contributed by atoms with van der Waals surface area (Å²) in [6.07, 6.45) is 1.95. The smallest absolute Gasteiger partial charge is 0.169 e. The molecular formula is C31H32O2. The fourth-order valence-electron chi connectivity index (χ4n) is 4.20. The van der Waals surface area contributed by atoms with E-state index in [0.29, 0.717) is 6.61 Å². The van der Waals surface area contributed by atoms with Crippen molar-refractivity contribution >= 4 is 0 Å². The van der Waals surface area contributed by atoms with Crippen molar-refractivity contribution in [2.75, 3.05) is 7.11 Å². The minimum atomic E-state index is 0.505. The highest BCUT2D eigenvalue weighted by molar-refractivity contribution is 5.90. The zero-order chi connectivity index (χ0) is 23.2. The van der Waals surface area contributed by atoms with Gasteiger partial charge in [-0.25, -0.2) is 0 Å². The predicted molar refractivity (Wildman–Crippen MR) is 138 cm³/mol. The zero-order valence-corrected chi connectivity index (χ0v) is 20.0. The lowest BCUT2D eigenvalue weighted by molar-refractivity contribution is 0.282. The van der Waals surface area contributed by atoms with Gasteiger partial charge in [-0.15, -0.1) is 0 Å². The van der Waals surface area contributed by atoms with Crippen LogP contribution < -0.4 is 9.47 Å². The van der Waals surface area contributed by atoms with Crippen LogP contribution in [0.4, 0.5) is 0 Å². The monoisotopic (exact) mass is 436 g/mol. The Balaban J connectivity index is 1.93. The molecule has 2 nitrogen and oxygen atoms in total. The van der Waals surface area contributed by atoms with E-state index >= 15 is 0 Å². The molecule has 0 saturated heterocycles. The third kappa shape index (κ3) is 5.12. The quantitative estimate of drug-likeness (QED) is 0.277. The lowest BCUT2D eigenvalue weighted by Gasteiger charge is -2.22. The molecule has 33 heavy (non-hydrogen) atoms. The standard InChI is InChI=1S/C31H32O2/c1-5-9-27-20-28(25-16-12-22(2)13-17-25)29(26-18-14-23(3)15-19-26)31(32-4)30(27)33-21-24-10-7-6-8-11-24/h6-8,10-20H,5,9,21H2,1-4H3. The summed E-state index contributed by atoms with van der Waals surface area (Å²) >= 11 is 0. The van der Waals surface area contributed by atoms with Crippen LogP contribution in [0.5, 0.6) is 11.5 Å². The number of rotatable bonds is 8. The Morgan fingerprint density at radius 1 is 0.697 bits per heavy atom. The van der Waals surface area contributed by atoms with Crippen LogP contribution in [0.3, 0.4) is 0 Å². The van der Waals surface area contributed by atoms with Gasteiger partial charge in [0.2, 0.25) is 0 Å². The third-order valence-electron chi connectivity index (χ3n) is 5.97. The van der Waals surface area contributed by atoms with Gasteiger partial charge in [0, 0.05) is 5.56 Å². The second-order valence-electron chi connectivity index (χ2n) is 8.58. The fraction of sp³-hybridized carbons (Fsp3) is 0.226. The van der Waals surface area contributed by atoms with E-state index < -0.39 is 0 Å². The lowest BCUT2D eigenvalue weighted by Crippen LogP contribution is -2.04. The van der Waals surface area contributed by atoms with Crippen LogP contribution in [0.25, 0.3) is 22.3 Å². The molecule has 4 aromatic carbocycles. The molecule has 0 aliphatic carbocycles. The van der Waals surface area contributed by atoms with Gasteiger partial charge in [0.05, 0.1) is 7.11 Å². The second-order valence-corrected chi connectivity index (χ2v) is 8.58. The van der Waals surface area contributed by atoms with E-state index in [2.05, 4.69) is 87.5 Å². The van der Waals surface area contributed by atoms with Crippen molar-refractivity contribution in [3.05, 3.63) is 107 Å². The van der Waals surface area contributed by atoms with Crippen LogP contribution >= 0.6 is 0 Å². The molecule has 0 amide bonds. The molecule has 0 fully saturated rings. The van der Waals surface area contributed by atoms with Crippen molar-refractivity contribution in [3.8, 4) is 33.8 Å². The molecular weight excluding hydrogens is 404 g/mol. The number of benzene rings is 4. The van der Waals surface area contributed by atoms with Crippen LogP contribution in [0.1, 0.15) is 35.6 Å². The summed E-state index contributed by atoms with van der Waals surface area (Å²) in [5.41, 5.74) is 9.35. The SMILES string of the molecule is CCCc1cc(-c2ccc(C)cc2)c(-c2ccc(C)cc2)c(OC)c1OCc1ccccc1. The van der Waals surface area contributed by atoms with Crippen molar-refractivity contribution in [2.24, 2.45) is 0 Å². The van der Waals surface area contributed by atoms with E-state index in [-0.39, 0.29) is 0 Å². The molecule has 168 valence electrons. The van der Waals surface area contributed by atoms with Gasteiger partial charge in [-0.2, -0.15) is 0 Å². The molecule has 0 bridgehead atoms. The molecule has 4 aromatic rings. The average Bonchev–Trinajstić information content (AvgIpc) is 2.84. The Bertz CT molecular complexity index is 1190. The molecule has 0 radical (unpaired) electrons. The number of methoxy groups -OCH3 is 1. The van der Waals surface area contributed by atoms with Crippen LogP contribution in [0.15, 0.2) is 84.9 Å². The minimum absolute atomic E-state index is 0.505. The van der Waals surface area contributed by atoms with Crippen molar-refractivity contribution in [1.29, 1.82) is 0 Å². The van der Waals surface area contributed by atoms with Gasteiger partial charge >= 0.3 is 0 Å². The van der Waals surface area contributed by atoms with E-state index in [4.69, 9.17) is 9.47 Å². The first-order valence-corrected chi connectivity index (χ1v) is 11.7. The summed E-state index contributed by atoms with van der Waals surface area (Å²) in [5, 5.41) is 0. The van der Waals surface area contributed by atoms with Gasteiger partial charge in [0.1, 0.15) is 6.61 Å². The number of hydrogen-bond donors (Lipinski definition) is 0. The van der Waals surface area contributed by atoms with E-state index in [9.17, 15) is 0 Å². The Morgan fingerprint density at radius 2 is 1.30 bits per heavy atom. The molecule has 0 heterocycles. The maximum absolute atomic E-state index is 6.47. The van der Waals surface area contributed by atoms with Gasteiger partial charge in [0.25, 0.3) is 0 Å². The van der Waals surface area contributed by atoms with E-state index in [1.54, 1.807) is 7.11 Å². The summed E-state index contributed by atoms with van der Waals surface area (Å²) in [7, 11) is 1.75. The number of hydrogen-bond acceptors (Lipinski definition) is 2. The molecule has 0 N–H and O–H groups in total. The predicted octanol–water partition coefficient (Wildman–Crippen LogP) is 8.18. The lowest BCUT2D eigenvalue weighted by atomic mass is 9.89. The molecule has 0 atom stereocenters. The maximum Gasteiger partial charge on any atom is 0.169 e. The average molecular weight is 437 g/mol. The highest BCUT2D eigenvalue weighted by Gasteiger charge is 2.22. The molecule has 0 aliphatic heterocycles. The Morgan fingerprint density at radius 3 is 1.88 bits per heavy atom. The van der Waals surface area contributed by atoms with Crippen LogP contribution in [-0.2, 0) is 13.0 Å². The molecule has 4 rings (SSSR count). The Labute approximate surface area is 197 Å². The van der Waals surface area contributed by atoms with E-state index in [0.717, 1.165) is 41.0 Å². The first kappa shape index (κ1) is 22.7. The first-order chi connectivity index (χ1) is 16.1. The molecule has 0 saturated carbocycles.